The monoisotopic (exact) mass is 363 g/mol. The predicted molar refractivity (Wildman–Crippen MR) is 101 cm³/mol. The third-order valence-corrected chi connectivity index (χ3v) is 4.98. The zero-order valence-corrected chi connectivity index (χ0v) is 14.8. The lowest BCUT2D eigenvalue weighted by Gasteiger charge is -2.24. The van der Waals surface area contributed by atoms with Crippen LogP contribution in [-0.2, 0) is 6.42 Å². The van der Waals surface area contributed by atoms with Gasteiger partial charge in [-0.25, -0.2) is 0 Å². The summed E-state index contributed by atoms with van der Waals surface area (Å²) in [5.41, 5.74) is 5.75. The number of halogens is 3. The van der Waals surface area contributed by atoms with Crippen LogP contribution in [0, 0.1) is 0 Å². The highest BCUT2D eigenvalue weighted by Crippen LogP contribution is 2.42. The van der Waals surface area contributed by atoms with Crippen molar-refractivity contribution in [2.24, 2.45) is 0 Å². The van der Waals surface area contributed by atoms with Gasteiger partial charge >= 0.3 is 0 Å². The zero-order valence-electron chi connectivity index (χ0n) is 12.4. The van der Waals surface area contributed by atoms with Crippen LogP contribution < -0.4 is 0 Å². The molecule has 1 heterocycles. The van der Waals surface area contributed by atoms with Gasteiger partial charge in [-0.1, -0.05) is 41.9 Å². The van der Waals surface area contributed by atoms with Crippen molar-refractivity contribution in [2.45, 2.75) is 24.6 Å². The fourth-order valence-corrected chi connectivity index (χ4v) is 3.84. The molecule has 0 saturated heterocycles. The summed E-state index contributed by atoms with van der Waals surface area (Å²) in [5, 5.41) is 1.86. The van der Waals surface area contributed by atoms with E-state index in [1.807, 2.05) is 24.3 Å². The van der Waals surface area contributed by atoms with Crippen LogP contribution in [-0.4, -0.2) is 4.98 Å². The number of aromatic nitrogens is 1. The quantitative estimate of drug-likeness (QED) is 0.444. The zero-order chi connectivity index (χ0) is 15.1. The third-order valence-electron chi connectivity index (χ3n) is 4.32. The summed E-state index contributed by atoms with van der Waals surface area (Å²) >= 11 is 12.8. The Balaban J connectivity index is 0.00000156. The highest BCUT2D eigenvalue weighted by atomic mass is 35.5. The smallest absolute Gasteiger partial charge is 0.0760 e. The Labute approximate surface area is 152 Å². The second kappa shape index (κ2) is 6.68. The molecule has 2 aromatic carbocycles. The molecule has 0 amide bonds. The Morgan fingerprint density at radius 1 is 1.04 bits per heavy atom. The number of hydrogen-bond donors (Lipinski definition) is 0. The number of benzene rings is 2. The standard InChI is InChI=1S/C19H15Cl2N.ClH/c20-13-9-10-17-15(11-13)18(12-5-2-1-3-6-12)14-7-4-8-16(21)19(14)22-17;/h1-3,5-6,9-11,16H,4,7-8H2;1H. The van der Waals surface area contributed by atoms with Gasteiger partial charge in [0.05, 0.1) is 16.6 Å². The largest absolute Gasteiger partial charge is 0.251 e. The minimum absolute atomic E-state index is 0. The molecule has 4 heteroatoms. The topological polar surface area (TPSA) is 12.9 Å². The van der Waals surface area contributed by atoms with Crippen LogP contribution in [0.25, 0.3) is 22.0 Å². The van der Waals surface area contributed by atoms with E-state index < -0.39 is 0 Å². The maximum Gasteiger partial charge on any atom is 0.0760 e. The fraction of sp³-hybridized carbons (Fsp3) is 0.211. The van der Waals surface area contributed by atoms with Gasteiger partial charge in [-0.3, -0.25) is 4.98 Å². The highest BCUT2D eigenvalue weighted by molar-refractivity contribution is 6.31. The average molecular weight is 365 g/mol. The number of hydrogen-bond acceptors (Lipinski definition) is 1. The predicted octanol–water partition coefficient (Wildman–Crippen LogP) is 6.59. The van der Waals surface area contributed by atoms with Crippen LogP contribution >= 0.6 is 35.6 Å². The maximum atomic E-state index is 6.55. The average Bonchev–Trinajstić information content (AvgIpc) is 2.54. The lowest BCUT2D eigenvalue weighted by molar-refractivity contribution is 0.654. The van der Waals surface area contributed by atoms with Crippen molar-refractivity contribution in [1.82, 2.24) is 4.98 Å². The molecule has 0 aliphatic heterocycles. The first-order valence-electron chi connectivity index (χ1n) is 7.55. The Hall–Kier alpha value is -1.28. The first kappa shape index (κ1) is 16.6. The summed E-state index contributed by atoms with van der Waals surface area (Å²) in [7, 11) is 0. The second-order valence-corrected chi connectivity index (χ2v) is 6.70. The van der Waals surface area contributed by atoms with E-state index in [1.165, 1.54) is 16.7 Å². The van der Waals surface area contributed by atoms with E-state index in [9.17, 15) is 0 Å². The number of pyridine rings is 1. The molecule has 0 bridgehead atoms. The number of fused-ring (bicyclic) bond motifs is 2. The molecular formula is C19H16Cl3N. The molecule has 0 fully saturated rings. The van der Waals surface area contributed by atoms with E-state index in [4.69, 9.17) is 28.2 Å². The molecule has 0 spiro atoms. The van der Waals surface area contributed by atoms with Gasteiger partial charge in [0.25, 0.3) is 0 Å². The van der Waals surface area contributed by atoms with Crippen molar-refractivity contribution in [3.8, 4) is 11.1 Å². The lowest BCUT2D eigenvalue weighted by atomic mass is 9.86. The number of nitrogens with zero attached hydrogens (tertiary/aromatic N) is 1. The van der Waals surface area contributed by atoms with Crippen LogP contribution in [0.1, 0.15) is 29.5 Å². The van der Waals surface area contributed by atoms with Crippen LogP contribution in [0.5, 0.6) is 0 Å². The molecule has 3 aromatic rings. The van der Waals surface area contributed by atoms with E-state index in [0.717, 1.165) is 40.9 Å². The maximum absolute atomic E-state index is 6.55. The minimum Gasteiger partial charge on any atom is -0.251 e. The molecule has 1 nitrogen and oxygen atoms in total. The molecule has 1 aliphatic rings. The second-order valence-electron chi connectivity index (χ2n) is 5.74. The Bertz CT molecular complexity index is 846. The molecule has 0 radical (unpaired) electrons. The SMILES string of the molecule is Cl.Clc1ccc2nc3c(c(-c4ccccc4)c2c1)CCCC3Cl. The van der Waals surface area contributed by atoms with E-state index >= 15 is 0 Å². The van der Waals surface area contributed by atoms with Gasteiger partial charge < -0.3 is 0 Å². The van der Waals surface area contributed by atoms with E-state index in [1.54, 1.807) is 0 Å². The first-order chi connectivity index (χ1) is 10.7. The minimum atomic E-state index is 0. The Kier molecular flexibility index (Phi) is 4.82. The van der Waals surface area contributed by atoms with Crippen molar-refractivity contribution in [3.05, 3.63) is 64.8 Å². The molecule has 1 atom stereocenters. The summed E-state index contributed by atoms with van der Waals surface area (Å²) < 4.78 is 0. The molecule has 118 valence electrons. The highest BCUT2D eigenvalue weighted by Gasteiger charge is 2.24. The third kappa shape index (κ3) is 2.94. The summed E-state index contributed by atoms with van der Waals surface area (Å²) in [5.74, 6) is 0. The number of alkyl halides is 1. The van der Waals surface area contributed by atoms with Crippen LogP contribution in [0.2, 0.25) is 5.02 Å². The molecule has 23 heavy (non-hydrogen) atoms. The summed E-state index contributed by atoms with van der Waals surface area (Å²) in [6.45, 7) is 0. The number of rotatable bonds is 1. The lowest BCUT2D eigenvalue weighted by Crippen LogP contribution is -2.10. The molecule has 1 aromatic heterocycles. The molecule has 4 rings (SSSR count). The van der Waals surface area contributed by atoms with Crippen molar-refractivity contribution in [1.29, 1.82) is 0 Å². The van der Waals surface area contributed by atoms with Gasteiger partial charge in [0.2, 0.25) is 0 Å². The van der Waals surface area contributed by atoms with Gasteiger partial charge in [0, 0.05) is 10.4 Å². The first-order valence-corrected chi connectivity index (χ1v) is 8.37. The fourth-order valence-electron chi connectivity index (χ4n) is 3.34. The molecule has 0 N–H and O–H groups in total. The van der Waals surface area contributed by atoms with E-state index in [2.05, 4.69) is 24.3 Å². The van der Waals surface area contributed by atoms with E-state index in [0.29, 0.717) is 0 Å². The molecule has 0 saturated carbocycles. The normalized spacial score (nSPS) is 16.7. The van der Waals surface area contributed by atoms with Crippen LogP contribution in [0.4, 0.5) is 0 Å². The van der Waals surface area contributed by atoms with Crippen molar-refractivity contribution >= 4 is 46.5 Å². The van der Waals surface area contributed by atoms with Crippen molar-refractivity contribution in [2.75, 3.05) is 0 Å². The molecular weight excluding hydrogens is 349 g/mol. The van der Waals surface area contributed by atoms with Gasteiger partial charge in [0.15, 0.2) is 0 Å². The van der Waals surface area contributed by atoms with Crippen LogP contribution in [0.15, 0.2) is 48.5 Å². The van der Waals surface area contributed by atoms with Gasteiger partial charge in [-0.15, -0.1) is 24.0 Å². The van der Waals surface area contributed by atoms with Crippen LogP contribution in [0.3, 0.4) is 0 Å². The van der Waals surface area contributed by atoms with Crippen molar-refractivity contribution < 1.29 is 0 Å². The van der Waals surface area contributed by atoms with Gasteiger partial charge in [-0.05, 0) is 54.2 Å². The van der Waals surface area contributed by atoms with Gasteiger partial charge in [-0.2, -0.15) is 0 Å². The Morgan fingerprint density at radius 3 is 2.61 bits per heavy atom. The van der Waals surface area contributed by atoms with Gasteiger partial charge in [0.1, 0.15) is 0 Å². The van der Waals surface area contributed by atoms with E-state index in [-0.39, 0.29) is 17.8 Å². The van der Waals surface area contributed by atoms with Crippen molar-refractivity contribution in [3.63, 3.8) is 0 Å². The summed E-state index contributed by atoms with van der Waals surface area (Å²) in [4.78, 5) is 4.83. The molecule has 1 unspecified atom stereocenters. The Morgan fingerprint density at radius 2 is 1.83 bits per heavy atom. The summed E-state index contributed by atoms with van der Waals surface area (Å²) in [6.07, 6.45) is 3.13. The molecule has 1 aliphatic carbocycles. The summed E-state index contributed by atoms with van der Waals surface area (Å²) in [6, 6.07) is 16.4.